The molecular formula is C9H10O5. The van der Waals surface area contributed by atoms with Gasteiger partial charge in [-0.2, -0.15) is 0 Å². The molecule has 5 nitrogen and oxygen atoms in total. The van der Waals surface area contributed by atoms with E-state index >= 15 is 0 Å². The minimum atomic E-state index is -1.09. The number of hydrogen-bond acceptors (Lipinski definition) is 5. The van der Waals surface area contributed by atoms with Crippen molar-refractivity contribution in [2.45, 2.75) is 12.2 Å². The zero-order valence-corrected chi connectivity index (χ0v) is 7.21. The molecule has 0 saturated heterocycles. The predicted molar refractivity (Wildman–Crippen MR) is 46.2 cm³/mol. The standard InChI is InChI=1S/C9H10O5/c10-5-1-4-8(2-6(5)11)14-3-7(12)9(4)13/h1-2,7,9-13H,3H2. The number of benzene rings is 1. The van der Waals surface area contributed by atoms with Gasteiger partial charge in [0.25, 0.3) is 0 Å². The summed E-state index contributed by atoms with van der Waals surface area (Å²) in [6, 6.07) is 2.39. The molecule has 2 rings (SSSR count). The first-order valence-electron chi connectivity index (χ1n) is 4.14. The second-order valence-electron chi connectivity index (χ2n) is 3.20. The summed E-state index contributed by atoms with van der Waals surface area (Å²) in [5, 5.41) is 37.1. The van der Waals surface area contributed by atoms with Gasteiger partial charge in [0.05, 0.1) is 0 Å². The third kappa shape index (κ3) is 1.26. The summed E-state index contributed by atoms with van der Waals surface area (Å²) in [5.74, 6) is -0.383. The van der Waals surface area contributed by atoms with Crippen molar-refractivity contribution in [3.63, 3.8) is 0 Å². The van der Waals surface area contributed by atoms with E-state index in [1.807, 2.05) is 0 Å². The molecule has 4 N–H and O–H groups in total. The molecule has 0 aliphatic carbocycles. The average molecular weight is 198 g/mol. The molecule has 0 amide bonds. The average Bonchev–Trinajstić information content (AvgIpc) is 2.15. The zero-order valence-electron chi connectivity index (χ0n) is 7.21. The molecule has 0 bridgehead atoms. The van der Waals surface area contributed by atoms with Crippen LogP contribution in [0.3, 0.4) is 0 Å². The first kappa shape index (κ1) is 9.11. The molecule has 0 radical (unpaired) electrons. The second-order valence-corrected chi connectivity index (χ2v) is 3.20. The third-order valence-electron chi connectivity index (χ3n) is 2.20. The normalized spacial score (nSPS) is 25.3. The van der Waals surface area contributed by atoms with Gasteiger partial charge in [-0.3, -0.25) is 0 Å². The first-order chi connectivity index (χ1) is 6.59. The molecule has 2 unspecified atom stereocenters. The van der Waals surface area contributed by atoms with Crippen molar-refractivity contribution < 1.29 is 25.2 Å². The van der Waals surface area contributed by atoms with Crippen LogP contribution in [0, 0.1) is 0 Å². The van der Waals surface area contributed by atoms with Crippen molar-refractivity contribution in [2.75, 3.05) is 6.61 Å². The minimum Gasteiger partial charge on any atom is -0.504 e. The van der Waals surface area contributed by atoms with Gasteiger partial charge in [-0.1, -0.05) is 0 Å². The van der Waals surface area contributed by atoms with Crippen molar-refractivity contribution in [3.8, 4) is 17.2 Å². The van der Waals surface area contributed by atoms with E-state index in [2.05, 4.69) is 0 Å². The van der Waals surface area contributed by atoms with Crippen LogP contribution in [-0.4, -0.2) is 33.1 Å². The van der Waals surface area contributed by atoms with Crippen LogP contribution < -0.4 is 4.74 Å². The van der Waals surface area contributed by atoms with E-state index in [-0.39, 0.29) is 29.4 Å². The Morgan fingerprint density at radius 1 is 1.14 bits per heavy atom. The van der Waals surface area contributed by atoms with E-state index in [1.165, 1.54) is 12.1 Å². The Balaban J connectivity index is 2.50. The first-order valence-corrected chi connectivity index (χ1v) is 4.14. The van der Waals surface area contributed by atoms with E-state index < -0.39 is 12.2 Å². The quantitative estimate of drug-likeness (QED) is 0.436. The lowest BCUT2D eigenvalue weighted by atomic mass is 10.0. The largest absolute Gasteiger partial charge is 0.504 e. The summed E-state index contributed by atoms with van der Waals surface area (Å²) >= 11 is 0. The maximum Gasteiger partial charge on any atom is 0.161 e. The van der Waals surface area contributed by atoms with E-state index in [1.54, 1.807) is 0 Å². The monoisotopic (exact) mass is 198 g/mol. The summed E-state index contributed by atoms with van der Waals surface area (Å²) < 4.78 is 5.06. The fraction of sp³-hybridized carbons (Fsp3) is 0.333. The van der Waals surface area contributed by atoms with Gasteiger partial charge >= 0.3 is 0 Å². The van der Waals surface area contributed by atoms with Crippen LogP contribution >= 0.6 is 0 Å². The van der Waals surface area contributed by atoms with Crippen molar-refractivity contribution in [2.24, 2.45) is 0 Å². The van der Waals surface area contributed by atoms with Gasteiger partial charge in [-0.25, -0.2) is 0 Å². The lowest BCUT2D eigenvalue weighted by Gasteiger charge is -2.26. The van der Waals surface area contributed by atoms with Gasteiger partial charge in [-0.15, -0.1) is 0 Å². The van der Waals surface area contributed by atoms with Gasteiger partial charge in [-0.05, 0) is 6.07 Å². The fourth-order valence-corrected chi connectivity index (χ4v) is 1.40. The Hall–Kier alpha value is -1.46. The molecule has 1 aliphatic rings. The Morgan fingerprint density at radius 2 is 1.79 bits per heavy atom. The van der Waals surface area contributed by atoms with Crippen molar-refractivity contribution in [1.82, 2.24) is 0 Å². The van der Waals surface area contributed by atoms with Crippen LogP contribution in [0.15, 0.2) is 12.1 Å². The maximum atomic E-state index is 9.52. The highest BCUT2D eigenvalue weighted by Crippen LogP contribution is 2.39. The van der Waals surface area contributed by atoms with Crippen molar-refractivity contribution in [1.29, 1.82) is 0 Å². The van der Waals surface area contributed by atoms with Crippen LogP contribution in [0.2, 0.25) is 0 Å². The van der Waals surface area contributed by atoms with Gasteiger partial charge in [0, 0.05) is 11.6 Å². The molecule has 1 heterocycles. The molecular weight excluding hydrogens is 188 g/mol. The Bertz CT molecular complexity index is 362. The van der Waals surface area contributed by atoms with E-state index in [0.29, 0.717) is 0 Å². The topological polar surface area (TPSA) is 90.2 Å². The second kappa shape index (κ2) is 3.04. The summed E-state index contributed by atoms with van der Waals surface area (Å²) in [6.07, 6.45) is -2.10. The lowest BCUT2D eigenvalue weighted by Crippen LogP contribution is -2.30. The van der Waals surface area contributed by atoms with Gasteiger partial charge in [0.2, 0.25) is 0 Å². The highest BCUT2D eigenvalue weighted by Gasteiger charge is 2.28. The zero-order chi connectivity index (χ0) is 10.3. The van der Waals surface area contributed by atoms with E-state index in [9.17, 15) is 15.3 Å². The van der Waals surface area contributed by atoms with Crippen LogP contribution in [0.4, 0.5) is 0 Å². The number of aliphatic hydroxyl groups excluding tert-OH is 2. The van der Waals surface area contributed by atoms with Crippen LogP contribution in [-0.2, 0) is 0 Å². The molecule has 2 atom stereocenters. The highest BCUT2D eigenvalue weighted by atomic mass is 16.5. The smallest absolute Gasteiger partial charge is 0.161 e. The predicted octanol–water partition coefficient (Wildman–Crippen LogP) is -0.115. The van der Waals surface area contributed by atoms with Gasteiger partial charge < -0.3 is 25.2 Å². The summed E-state index contributed by atoms with van der Waals surface area (Å²) in [7, 11) is 0. The Morgan fingerprint density at radius 3 is 2.50 bits per heavy atom. The maximum absolute atomic E-state index is 9.52. The molecule has 76 valence electrons. The van der Waals surface area contributed by atoms with Crippen LogP contribution in [0.5, 0.6) is 17.2 Å². The number of ether oxygens (including phenoxy) is 1. The number of rotatable bonds is 0. The highest BCUT2D eigenvalue weighted by molar-refractivity contribution is 5.50. The number of phenolic OH excluding ortho intramolecular Hbond substituents is 2. The molecule has 14 heavy (non-hydrogen) atoms. The number of aliphatic hydroxyl groups is 2. The van der Waals surface area contributed by atoms with E-state index in [4.69, 9.17) is 9.84 Å². The number of fused-ring (bicyclic) bond motifs is 1. The molecule has 1 aromatic carbocycles. The summed E-state index contributed by atoms with van der Waals surface area (Å²) in [6.45, 7) is -0.0294. The van der Waals surface area contributed by atoms with Crippen molar-refractivity contribution in [3.05, 3.63) is 17.7 Å². The SMILES string of the molecule is Oc1cc2c(cc1O)C(O)C(O)CO2. The minimum absolute atomic E-state index is 0.0294. The lowest BCUT2D eigenvalue weighted by molar-refractivity contribution is -0.0258. The summed E-state index contributed by atoms with van der Waals surface area (Å²) in [4.78, 5) is 0. The number of phenols is 2. The number of aromatic hydroxyl groups is 2. The van der Waals surface area contributed by atoms with Crippen molar-refractivity contribution >= 4 is 0 Å². The van der Waals surface area contributed by atoms with Gasteiger partial charge in [0.15, 0.2) is 11.5 Å². The molecule has 0 fully saturated rings. The molecule has 1 aromatic rings. The third-order valence-corrected chi connectivity index (χ3v) is 2.20. The van der Waals surface area contributed by atoms with Gasteiger partial charge in [0.1, 0.15) is 24.6 Å². The van der Waals surface area contributed by atoms with Crippen LogP contribution in [0.1, 0.15) is 11.7 Å². The molecule has 0 spiro atoms. The Kier molecular flexibility index (Phi) is 1.98. The molecule has 0 aromatic heterocycles. The molecule has 5 heteroatoms. The number of hydrogen-bond donors (Lipinski definition) is 4. The Labute approximate surface area is 79.8 Å². The molecule has 0 saturated carbocycles. The van der Waals surface area contributed by atoms with Crippen LogP contribution in [0.25, 0.3) is 0 Å². The fourth-order valence-electron chi connectivity index (χ4n) is 1.40. The molecule has 1 aliphatic heterocycles. The summed E-state index contributed by atoms with van der Waals surface area (Å²) in [5.41, 5.74) is 0.277. The van der Waals surface area contributed by atoms with E-state index in [0.717, 1.165) is 0 Å².